The van der Waals surface area contributed by atoms with Crippen LogP contribution in [0.2, 0.25) is 0 Å². The molecular formula is C26H28N2O3S. The van der Waals surface area contributed by atoms with Gasteiger partial charge in [0.15, 0.2) is 0 Å². The molecule has 3 rings (SSSR count). The van der Waals surface area contributed by atoms with Gasteiger partial charge in [-0.25, -0.2) is 0 Å². The summed E-state index contributed by atoms with van der Waals surface area (Å²) < 4.78 is 5.76. The molecule has 0 aliphatic carbocycles. The number of nitrogens with one attached hydrogen (secondary N) is 2. The van der Waals surface area contributed by atoms with Crippen molar-refractivity contribution in [3.8, 4) is 11.5 Å². The number of hydrogen-bond acceptors (Lipinski definition) is 4. The van der Waals surface area contributed by atoms with Gasteiger partial charge in [0, 0.05) is 22.7 Å². The molecule has 0 saturated heterocycles. The van der Waals surface area contributed by atoms with Gasteiger partial charge in [-0.2, -0.15) is 0 Å². The summed E-state index contributed by atoms with van der Waals surface area (Å²) in [5, 5.41) is 5.81. The summed E-state index contributed by atoms with van der Waals surface area (Å²) >= 11 is 1.42. The zero-order valence-electron chi connectivity index (χ0n) is 18.6. The van der Waals surface area contributed by atoms with Gasteiger partial charge < -0.3 is 15.4 Å². The number of benzene rings is 3. The van der Waals surface area contributed by atoms with Gasteiger partial charge in [-0.05, 0) is 60.0 Å². The Morgan fingerprint density at radius 3 is 2.12 bits per heavy atom. The quantitative estimate of drug-likeness (QED) is 0.382. The number of amides is 2. The first-order valence-electron chi connectivity index (χ1n) is 10.4. The highest BCUT2D eigenvalue weighted by Crippen LogP contribution is 2.25. The molecule has 0 fully saturated rings. The zero-order chi connectivity index (χ0) is 23.0. The molecule has 6 heteroatoms. The summed E-state index contributed by atoms with van der Waals surface area (Å²) in [4.78, 5) is 25.4. The van der Waals surface area contributed by atoms with Crippen molar-refractivity contribution in [1.82, 2.24) is 0 Å². The minimum atomic E-state index is -0.103. The minimum Gasteiger partial charge on any atom is -0.457 e. The first-order valence-corrected chi connectivity index (χ1v) is 11.4. The van der Waals surface area contributed by atoms with Crippen molar-refractivity contribution in [3.63, 3.8) is 0 Å². The highest BCUT2D eigenvalue weighted by molar-refractivity contribution is 8.00. The van der Waals surface area contributed by atoms with Gasteiger partial charge >= 0.3 is 0 Å². The van der Waals surface area contributed by atoms with Gasteiger partial charge in [-0.15, -0.1) is 11.8 Å². The van der Waals surface area contributed by atoms with Gasteiger partial charge in [-0.1, -0.05) is 45.0 Å². The largest absolute Gasteiger partial charge is 0.457 e. The first kappa shape index (κ1) is 23.4. The lowest BCUT2D eigenvalue weighted by Gasteiger charge is -2.17. The van der Waals surface area contributed by atoms with E-state index in [1.165, 1.54) is 11.8 Å². The molecule has 0 atom stereocenters. The van der Waals surface area contributed by atoms with E-state index in [-0.39, 0.29) is 23.0 Å². The Hall–Kier alpha value is -3.25. The van der Waals surface area contributed by atoms with Crippen LogP contribution in [-0.4, -0.2) is 17.6 Å². The second kappa shape index (κ2) is 10.9. The van der Waals surface area contributed by atoms with Crippen LogP contribution in [0.1, 0.15) is 27.2 Å². The van der Waals surface area contributed by atoms with Crippen molar-refractivity contribution in [2.24, 2.45) is 5.41 Å². The van der Waals surface area contributed by atoms with Crippen LogP contribution in [0.15, 0.2) is 83.8 Å². The van der Waals surface area contributed by atoms with Crippen molar-refractivity contribution in [3.05, 3.63) is 78.9 Å². The fourth-order valence-electron chi connectivity index (χ4n) is 2.93. The van der Waals surface area contributed by atoms with Gasteiger partial charge in [0.1, 0.15) is 11.5 Å². The van der Waals surface area contributed by atoms with E-state index in [2.05, 4.69) is 10.6 Å². The molecule has 0 saturated carbocycles. The van der Waals surface area contributed by atoms with Gasteiger partial charge in [-0.3, -0.25) is 9.59 Å². The van der Waals surface area contributed by atoms with E-state index in [0.717, 1.165) is 16.3 Å². The Morgan fingerprint density at radius 2 is 1.44 bits per heavy atom. The molecule has 2 amide bonds. The maximum atomic E-state index is 12.3. The summed E-state index contributed by atoms with van der Waals surface area (Å²) in [6.45, 7) is 6.09. The van der Waals surface area contributed by atoms with Crippen molar-refractivity contribution in [2.75, 3.05) is 16.4 Å². The van der Waals surface area contributed by atoms with Gasteiger partial charge in [0.2, 0.25) is 11.8 Å². The predicted octanol–water partition coefficient (Wildman–Crippen LogP) is 6.58. The van der Waals surface area contributed by atoms with Crippen LogP contribution < -0.4 is 15.4 Å². The third-order valence-corrected chi connectivity index (χ3v) is 5.29. The van der Waals surface area contributed by atoms with E-state index < -0.39 is 0 Å². The molecule has 0 aliphatic heterocycles. The summed E-state index contributed by atoms with van der Waals surface area (Å²) in [6, 6.07) is 24.3. The van der Waals surface area contributed by atoms with Crippen LogP contribution in [0.3, 0.4) is 0 Å². The van der Waals surface area contributed by atoms with Crippen LogP contribution in [0.5, 0.6) is 11.5 Å². The second-order valence-electron chi connectivity index (χ2n) is 8.59. The molecule has 0 radical (unpaired) electrons. The molecule has 0 aromatic heterocycles. The van der Waals surface area contributed by atoms with E-state index in [0.29, 0.717) is 17.9 Å². The van der Waals surface area contributed by atoms with Crippen LogP contribution in [0.4, 0.5) is 11.4 Å². The van der Waals surface area contributed by atoms with E-state index in [4.69, 9.17) is 4.74 Å². The SMILES string of the molecule is CC(C)(C)CC(=O)Nc1cccc(SCC(=O)Nc2ccc(Oc3ccccc3)cc2)c1. The van der Waals surface area contributed by atoms with Crippen molar-refractivity contribution in [1.29, 1.82) is 0 Å². The van der Waals surface area contributed by atoms with Crippen LogP contribution in [-0.2, 0) is 9.59 Å². The topological polar surface area (TPSA) is 67.4 Å². The number of carbonyl (C=O) groups is 2. The van der Waals surface area contributed by atoms with Crippen LogP contribution >= 0.6 is 11.8 Å². The summed E-state index contributed by atoms with van der Waals surface area (Å²) in [5.74, 6) is 1.61. The molecule has 166 valence electrons. The Bertz CT molecular complexity index is 1040. The van der Waals surface area contributed by atoms with Crippen molar-refractivity contribution in [2.45, 2.75) is 32.1 Å². The monoisotopic (exact) mass is 448 g/mol. The third kappa shape index (κ3) is 8.12. The standard InChI is InChI=1S/C26H28N2O3S/c1-26(2,3)17-24(29)28-20-8-7-11-23(16-20)32-18-25(30)27-19-12-14-22(15-13-19)31-21-9-5-4-6-10-21/h4-16H,17-18H2,1-3H3,(H,27,30)(H,28,29). The Labute approximate surface area is 193 Å². The van der Waals surface area contributed by atoms with Gasteiger partial charge in [0.05, 0.1) is 5.75 Å². The summed E-state index contributed by atoms with van der Waals surface area (Å²) in [7, 11) is 0. The highest BCUT2D eigenvalue weighted by Gasteiger charge is 2.16. The molecule has 2 N–H and O–H groups in total. The van der Waals surface area contributed by atoms with Crippen molar-refractivity contribution < 1.29 is 14.3 Å². The summed E-state index contributed by atoms with van der Waals surface area (Å²) in [6.07, 6.45) is 0.446. The lowest BCUT2D eigenvalue weighted by atomic mass is 9.92. The van der Waals surface area contributed by atoms with Crippen LogP contribution in [0, 0.1) is 5.41 Å². The number of ether oxygens (including phenoxy) is 1. The number of hydrogen-bond donors (Lipinski definition) is 2. The predicted molar refractivity (Wildman–Crippen MR) is 131 cm³/mol. The summed E-state index contributed by atoms with van der Waals surface area (Å²) in [5.41, 5.74) is 1.37. The maximum absolute atomic E-state index is 12.3. The lowest BCUT2D eigenvalue weighted by molar-refractivity contribution is -0.118. The molecule has 3 aromatic rings. The highest BCUT2D eigenvalue weighted by atomic mass is 32.2. The maximum Gasteiger partial charge on any atom is 0.234 e. The minimum absolute atomic E-state index is 0.0166. The number of para-hydroxylation sites is 1. The molecule has 32 heavy (non-hydrogen) atoms. The van der Waals surface area contributed by atoms with Gasteiger partial charge in [0.25, 0.3) is 0 Å². The Balaban J connectivity index is 1.48. The van der Waals surface area contributed by atoms with E-state index >= 15 is 0 Å². The Morgan fingerprint density at radius 1 is 0.781 bits per heavy atom. The average Bonchev–Trinajstić information content (AvgIpc) is 2.73. The molecule has 0 heterocycles. The lowest BCUT2D eigenvalue weighted by Crippen LogP contribution is -2.19. The smallest absolute Gasteiger partial charge is 0.234 e. The molecule has 0 bridgehead atoms. The second-order valence-corrected chi connectivity index (χ2v) is 9.64. The number of carbonyl (C=O) groups excluding carboxylic acids is 2. The van der Waals surface area contributed by atoms with E-state index in [9.17, 15) is 9.59 Å². The number of thioether (sulfide) groups is 1. The van der Waals surface area contributed by atoms with E-state index in [1.807, 2.05) is 99.6 Å². The molecule has 0 aliphatic rings. The molecule has 3 aromatic carbocycles. The third-order valence-electron chi connectivity index (χ3n) is 4.30. The normalized spacial score (nSPS) is 11.0. The fourth-order valence-corrected chi connectivity index (χ4v) is 3.68. The molecular weight excluding hydrogens is 420 g/mol. The molecule has 0 spiro atoms. The Kier molecular flexibility index (Phi) is 7.95. The van der Waals surface area contributed by atoms with E-state index in [1.54, 1.807) is 0 Å². The van der Waals surface area contributed by atoms with Crippen LogP contribution in [0.25, 0.3) is 0 Å². The van der Waals surface area contributed by atoms with Crippen molar-refractivity contribution >= 4 is 35.0 Å². The number of rotatable bonds is 8. The zero-order valence-corrected chi connectivity index (χ0v) is 19.4. The average molecular weight is 449 g/mol. The number of anilines is 2. The molecule has 0 unspecified atom stereocenters. The fraction of sp³-hybridized carbons (Fsp3) is 0.231. The first-order chi connectivity index (χ1) is 15.3. The molecule has 5 nitrogen and oxygen atoms in total.